The lowest BCUT2D eigenvalue weighted by Crippen LogP contribution is -2.49. The number of hydrogen-bond donors (Lipinski definition) is 3. The molecule has 38 heavy (non-hydrogen) atoms. The Bertz CT molecular complexity index is 1260. The fraction of sp³-hybridized carbons (Fsp3) is 0.375. The highest BCUT2D eigenvalue weighted by atomic mass is 35.5. The molecule has 1 aliphatic heterocycles. The summed E-state index contributed by atoms with van der Waals surface area (Å²) in [5.74, 6) is -1.32. The van der Waals surface area contributed by atoms with E-state index in [1.165, 1.54) is 25.1 Å². The Labute approximate surface area is 217 Å². The first-order valence-electron chi connectivity index (χ1n) is 11.1. The van der Waals surface area contributed by atoms with Crippen molar-refractivity contribution in [2.75, 3.05) is 13.2 Å². The molecule has 0 aromatic heterocycles. The standard InChI is InChI=1S/C24H22ClF6N3O4/c1-3-32-21(37)19(11-35)33-20(36)17-5-4-13(6-12(17)2)18-10-22(38-34-18,24(29,30)31)14-7-15(23(26,27)28)9-16(25)8-14/h4-9,19,35H,3,10-11H2,1-2H3,(H,32,37)(H,33,36). The van der Waals surface area contributed by atoms with Gasteiger partial charge in [-0.05, 0) is 55.3 Å². The molecular weight excluding hydrogens is 544 g/mol. The third-order valence-electron chi connectivity index (χ3n) is 5.84. The maximum absolute atomic E-state index is 14.2. The molecule has 0 aliphatic carbocycles. The Morgan fingerprint density at radius 1 is 1.16 bits per heavy atom. The zero-order chi connectivity index (χ0) is 28.5. The molecular formula is C24H22ClF6N3O4. The Kier molecular flexibility index (Phi) is 8.32. The van der Waals surface area contributed by atoms with Crippen LogP contribution in [-0.4, -0.2) is 48.0 Å². The summed E-state index contributed by atoms with van der Waals surface area (Å²) in [7, 11) is 0. The van der Waals surface area contributed by atoms with Crippen LogP contribution in [0.15, 0.2) is 41.6 Å². The van der Waals surface area contributed by atoms with Gasteiger partial charge in [-0.2, -0.15) is 26.3 Å². The summed E-state index contributed by atoms with van der Waals surface area (Å²) in [5.41, 5.74) is -5.19. The second-order valence-electron chi connectivity index (χ2n) is 8.49. The van der Waals surface area contributed by atoms with Gasteiger partial charge in [-0.15, -0.1) is 0 Å². The van der Waals surface area contributed by atoms with Crippen LogP contribution in [-0.2, 0) is 21.4 Å². The van der Waals surface area contributed by atoms with Gasteiger partial charge in [0, 0.05) is 29.1 Å². The SMILES string of the molecule is CCNC(=O)C(CO)NC(=O)c1ccc(C2=NOC(c3cc(Cl)cc(C(F)(F)F)c3)(C(F)(F)F)C2)cc1C. The molecule has 0 bridgehead atoms. The summed E-state index contributed by atoms with van der Waals surface area (Å²) in [6, 6.07) is 4.27. The van der Waals surface area contributed by atoms with Crippen LogP contribution in [0, 0.1) is 6.92 Å². The number of aryl methyl sites for hydroxylation is 1. The predicted octanol–water partition coefficient (Wildman–Crippen LogP) is 4.48. The topological polar surface area (TPSA) is 100 Å². The van der Waals surface area contributed by atoms with Gasteiger partial charge < -0.3 is 20.6 Å². The average molecular weight is 566 g/mol. The highest BCUT2D eigenvalue weighted by molar-refractivity contribution is 6.30. The van der Waals surface area contributed by atoms with Crippen molar-refractivity contribution < 1.29 is 45.9 Å². The minimum atomic E-state index is -5.17. The van der Waals surface area contributed by atoms with Crippen molar-refractivity contribution in [3.8, 4) is 0 Å². The van der Waals surface area contributed by atoms with Gasteiger partial charge in [-0.25, -0.2) is 0 Å². The van der Waals surface area contributed by atoms with Crippen molar-refractivity contribution in [3.05, 3.63) is 69.2 Å². The number of nitrogens with one attached hydrogen (secondary N) is 2. The molecule has 0 saturated heterocycles. The minimum Gasteiger partial charge on any atom is -0.394 e. The molecule has 1 aliphatic rings. The molecule has 2 unspecified atom stereocenters. The van der Waals surface area contributed by atoms with E-state index in [4.69, 9.17) is 16.4 Å². The number of alkyl halides is 6. The van der Waals surface area contributed by atoms with E-state index in [0.717, 1.165) is 6.07 Å². The molecule has 1 heterocycles. The smallest absolute Gasteiger partial charge is 0.394 e. The predicted molar refractivity (Wildman–Crippen MR) is 125 cm³/mol. The van der Waals surface area contributed by atoms with Crippen molar-refractivity contribution in [2.45, 2.75) is 44.3 Å². The number of carbonyl (C=O) groups excluding carboxylic acids is 2. The summed E-state index contributed by atoms with van der Waals surface area (Å²) in [4.78, 5) is 29.4. The third kappa shape index (κ3) is 5.88. The molecule has 2 amide bonds. The van der Waals surface area contributed by atoms with Gasteiger partial charge in [0.05, 0.1) is 17.9 Å². The Hall–Kier alpha value is -3.32. The normalized spacial score (nSPS) is 18.4. The number of benzene rings is 2. The maximum Gasteiger partial charge on any atom is 0.435 e. The number of likely N-dealkylation sites (N-methyl/N-ethyl adjacent to an activating group) is 1. The number of amides is 2. The third-order valence-corrected chi connectivity index (χ3v) is 6.06. The summed E-state index contributed by atoms with van der Waals surface area (Å²) in [5, 5.41) is 17.2. The zero-order valence-electron chi connectivity index (χ0n) is 19.9. The summed E-state index contributed by atoms with van der Waals surface area (Å²) < 4.78 is 82.5. The van der Waals surface area contributed by atoms with Crippen molar-refractivity contribution in [2.24, 2.45) is 5.16 Å². The molecule has 0 fully saturated rings. The number of rotatable bonds is 7. The number of aliphatic hydroxyl groups is 1. The van der Waals surface area contributed by atoms with Crippen molar-refractivity contribution >= 4 is 29.1 Å². The molecule has 0 saturated carbocycles. The zero-order valence-corrected chi connectivity index (χ0v) is 20.7. The largest absolute Gasteiger partial charge is 0.435 e. The first-order chi connectivity index (χ1) is 17.6. The Morgan fingerprint density at radius 2 is 1.84 bits per heavy atom. The molecule has 0 radical (unpaired) electrons. The molecule has 2 aromatic rings. The van der Waals surface area contributed by atoms with Gasteiger partial charge in [0.15, 0.2) is 0 Å². The molecule has 2 aromatic carbocycles. The van der Waals surface area contributed by atoms with Gasteiger partial charge in [0.2, 0.25) is 5.91 Å². The highest BCUT2D eigenvalue weighted by Gasteiger charge is 2.62. The van der Waals surface area contributed by atoms with Crippen LogP contribution in [0.1, 0.15) is 46.0 Å². The van der Waals surface area contributed by atoms with Crippen LogP contribution in [0.2, 0.25) is 5.02 Å². The lowest BCUT2D eigenvalue weighted by Gasteiger charge is -2.30. The van der Waals surface area contributed by atoms with Gasteiger partial charge >= 0.3 is 12.4 Å². The van der Waals surface area contributed by atoms with E-state index >= 15 is 0 Å². The van der Waals surface area contributed by atoms with E-state index in [1.807, 2.05) is 0 Å². The Balaban J connectivity index is 1.90. The quantitative estimate of drug-likeness (QED) is 0.431. The number of oxime groups is 1. The number of nitrogens with zero attached hydrogens (tertiary/aromatic N) is 1. The lowest BCUT2D eigenvalue weighted by molar-refractivity contribution is -0.276. The molecule has 3 N–H and O–H groups in total. The van der Waals surface area contributed by atoms with Crippen molar-refractivity contribution in [3.63, 3.8) is 0 Å². The van der Waals surface area contributed by atoms with Crippen LogP contribution in [0.3, 0.4) is 0 Å². The van der Waals surface area contributed by atoms with Crippen molar-refractivity contribution in [1.29, 1.82) is 0 Å². The second-order valence-corrected chi connectivity index (χ2v) is 8.93. The van der Waals surface area contributed by atoms with E-state index in [2.05, 4.69) is 15.8 Å². The average Bonchev–Trinajstić information content (AvgIpc) is 3.28. The lowest BCUT2D eigenvalue weighted by atomic mass is 9.85. The number of aliphatic hydroxyl groups excluding tert-OH is 1. The van der Waals surface area contributed by atoms with E-state index in [-0.39, 0.29) is 23.4 Å². The van der Waals surface area contributed by atoms with E-state index in [1.54, 1.807) is 6.92 Å². The van der Waals surface area contributed by atoms with Gasteiger partial charge in [-0.3, -0.25) is 9.59 Å². The van der Waals surface area contributed by atoms with E-state index in [9.17, 15) is 41.0 Å². The number of halogens is 7. The molecule has 14 heteroatoms. The molecule has 7 nitrogen and oxygen atoms in total. The fourth-order valence-corrected chi connectivity index (χ4v) is 4.11. The van der Waals surface area contributed by atoms with Gasteiger partial charge in [-0.1, -0.05) is 22.8 Å². The highest BCUT2D eigenvalue weighted by Crippen LogP contribution is 2.50. The second kappa shape index (κ2) is 10.8. The Morgan fingerprint density at radius 3 is 2.39 bits per heavy atom. The molecule has 0 spiro atoms. The van der Waals surface area contributed by atoms with Gasteiger partial charge in [0.25, 0.3) is 11.5 Å². The first-order valence-corrected chi connectivity index (χ1v) is 11.5. The summed E-state index contributed by atoms with van der Waals surface area (Å²) in [6.45, 7) is 2.75. The van der Waals surface area contributed by atoms with Crippen LogP contribution in [0.4, 0.5) is 26.3 Å². The van der Waals surface area contributed by atoms with E-state index < -0.39 is 65.0 Å². The van der Waals surface area contributed by atoms with Crippen molar-refractivity contribution in [1.82, 2.24) is 10.6 Å². The summed E-state index contributed by atoms with van der Waals surface area (Å²) >= 11 is 5.71. The van der Waals surface area contributed by atoms with E-state index in [0.29, 0.717) is 17.7 Å². The minimum absolute atomic E-state index is 0.0720. The first kappa shape index (κ1) is 29.2. The molecule has 206 valence electrons. The maximum atomic E-state index is 14.2. The van der Waals surface area contributed by atoms with Crippen LogP contribution in [0.5, 0.6) is 0 Å². The monoisotopic (exact) mass is 565 g/mol. The van der Waals surface area contributed by atoms with Gasteiger partial charge in [0.1, 0.15) is 6.04 Å². The van der Waals surface area contributed by atoms with Crippen LogP contribution < -0.4 is 10.6 Å². The summed E-state index contributed by atoms with van der Waals surface area (Å²) in [6.07, 6.45) is -11.1. The van der Waals surface area contributed by atoms with Crippen LogP contribution >= 0.6 is 11.6 Å². The molecule has 2 atom stereocenters. The molecule has 3 rings (SSSR count). The van der Waals surface area contributed by atoms with Crippen LogP contribution in [0.25, 0.3) is 0 Å². The number of carbonyl (C=O) groups is 2. The number of hydrogen-bond acceptors (Lipinski definition) is 5. The fourth-order valence-electron chi connectivity index (χ4n) is 3.87.